The van der Waals surface area contributed by atoms with Gasteiger partial charge in [0.2, 0.25) is 5.91 Å². The number of urea groups is 1. The first-order valence-electron chi connectivity index (χ1n) is 10.4. The number of carbonyl (C=O) groups is 2. The second-order valence-electron chi connectivity index (χ2n) is 7.58. The number of carbonyl (C=O) groups excluding carboxylic acids is 2. The normalized spacial score (nSPS) is 13.5. The summed E-state index contributed by atoms with van der Waals surface area (Å²) >= 11 is 0. The van der Waals surface area contributed by atoms with Gasteiger partial charge in [0.1, 0.15) is 0 Å². The summed E-state index contributed by atoms with van der Waals surface area (Å²) in [5.74, 6) is -0.0394. The van der Waals surface area contributed by atoms with E-state index in [0.717, 1.165) is 24.1 Å². The molecular weight excluding hydrogens is 407 g/mol. The van der Waals surface area contributed by atoms with Gasteiger partial charge in [0.15, 0.2) is 0 Å². The summed E-state index contributed by atoms with van der Waals surface area (Å²) in [7, 11) is 0. The van der Waals surface area contributed by atoms with Gasteiger partial charge in [-0.05, 0) is 42.2 Å². The number of halogens is 3. The van der Waals surface area contributed by atoms with Crippen LogP contribution >= 0.6 is 0 Å². The number of rotatable bonds is 6. The lowest BCUT2D eigenvalue weighted by atomic mass is 10.00. The molecule has 166 valence electrons. The first-order valence-corrected chi connectivity index (χ1v) is 10.4. The van der Waals surface area contributed by atoms with Crippen LogP contribution in [0.2, 0.25) is 0 Å². The molecule has 0 aromatic heterocycles. The van der Waals surface area contributed by atoms with Gasteiger partial charge >= 0.3 is 12.2 Å². The van der Waals surface area contributed by atoms with Crippen molar-refractivity contribution in [2.24, 2.45) is 0 Å². The third-order valence-electron chi connectivity index (χ3n) is 5.30. The van der Waals surface area contributed by atoms with Gasteiger partial charge in [0.05, 0.1) is 5.56 Å². The second kappa shape index (κ2) is 9.85. The van der Waals surface area contributed by atoms with Gasteiger partial charge in [0, 0.05) is 38.3 Å². The van der Waals surface area contributed by atoms with Crippen molar-refractivity contribution >= 4 is 17.6 Å². The Hall–Kier alpha value is -3.03. The Morgan fingerprint density at radius 2 is 1.81 bits per heavy atom. The summed E-state index contributed by atoms with van der Waals surface area (Å²) in [5.41, 5.74) is 1.63. The van der Waals surface area contributed by atoms with Crippen LogP contribution in [0.15, 0.2) is 48.5 Å². The number of hydrogen-bond acceptors (Lipinski definition) is 2. The molecule has 5 nitrogen and oxygen atoms in total. The van der Waals surface area contributed by atoms with Gasteiger partial charge < -0.3 is 15.1 Å². The van der Waals surface area contributed by atoms with Crippen LogP contribution < -0.4 is 5.32 Å². The Bertz CT molecular complexity index is 930. The van der Waals surface area contributed by atoms with Gasteiger partial charge in [-0.2, -0.15) is 13.2 Å². The molecule has 1 heterocycles. The van der Waals surface area contributed by atoms with Crippen LogP contribution in [0.1, 0.15) is 36.5 Å². The fourth-order valence-electron chi connectivity index (χ4n) is 3.66. The molecule has 0 saturated carbocycles. The molecule has 31 heavy (non-hydrogen) atoms. The second-order valence-corrected chi connectivity index (χ2v) is 7.58. The maximum atomic E-state index is 12.9. The largest absolute Gasteiger partial charge is 0.416 e. The molecule has 0 atom stereocenters. The van der Waals surface area contributed by atoms with E-state index in [1.54, 1.807) is 4.90 Å². The summed E-state index contributed by atoms with van der Waals surface area (Å²) in [4.78, 5) is 28.6. The highest BCUT2D eigenvalue weighted by Crippen LogP contribution is 2.30. The predicted molar refractivity (Wildman–Crippen MR) is 113 cm³/mol. The molecule has 0 fully saturated rings. The summed E-state index contributed by atoms with van der Waals surface area (Å²) in [6.07, 6.45) is -2.85. The zero-order valence-corrected chi connectivity index (χ0v) is 17.4. The zero-order valence-electron chi connectivity index (χ0n) is 17.4. The third-order valence-corrected chi connectivity index (χ3v) is 5.30. The Morgan fingerprint density at radius 3 is 2.52 bits per heavy atom. The number of hydrogen-bond donors (Lipinski definition) is 1. The van der Waals surface area contributed by atoms with Gasteiger partial charge in [-0.25, -0.2) is 4.79 Å². The minimum absolute atomic E-state index is 0.0394. The number of amides is 3. The minimum Gasteiger partial charge on any atom is -0.338 e. The Balaban J connectivity index is 1.58. The molecule has 2 aromatic carbocycles. The molecule has 0 bridgehead atoms. The molecule has 2 aromatic rings. The van der Waals surface area contributed by atoms with Crippen molar-refractivity contribution in [3.8, 4) is 0 Å². The van der Waals surface area contributed by atoms with Crippen molar-refractivity contribution in [3.05, 3.63) is 65.2 Å². The van der Waals surface area contributed by atoms with E-state index in [1.165, 1.54) is 22.6 Å². The Kier molecular flexibility index (Phi) is 7.20. The van der Waals surface area contributed by atoms with Gasteiger partial charge in [-0.3, -0.25) is 4.79 Å². The Morgan fingerprint density at radius 1 is 1.06 bits per heavy atom. The molecule has 0 unspecified atom stereocenters. The van der Waals surface area contributed by atoms with E-state index >= 15 is 0 Å². The lowest BCUT2D eigenvalue weighted by Crippen LogP contribution is -2.41. The van der Waals surface area contributed by atoms with Crippen molar-refractivity contribution in [1.82, 2.24) is 9.80 Å². The fourth-order valence-corrected chi connectivity index (χ4v) is 3.66. The molecule has 1 aliphatic heterocycles. The maximum Gasteiger partial charge on any atom is 0.416 e. The van der Waals surface area contributed by atoms with Gasteiger partial charge in [-0.15, -0.1) is 0 Å². The minimum atomic E-state index is -4.48. The van der Waals surface area contributed by atoms with Crippen LogP contribution in [-0.2, 0) is 23.9 Å². The lowest BCUT2D eigenvalue weighted by Gasteiger charge is -2.30. The van der Waals surface area contributed by atoms with Crippen LogP contribution in [0.5, 0.6) is 0 Å². The molecular formula is C23H26F3N3O2. The molecule has 0 spiro atoms. The molecule has 0 aliphatic carbocycles. The van der Waals surface area contributed by atoms with Crippen molar-refractivity contribution in [2.75, 3.05) is 25.0 Å². The maximum absolute atomic E-state index is 12.9. The third kappa shape index (κ3) is 5.99. The lowest BCUT2D eigenvalue weighted by molar-refractivity contribution is -0.137. The number of nitrogens with one attached hydrogen (secondary N) is 1. The van der Waals surface area contributed by atoms with Gasteiger partial charge in [0.25, 0.3) is 0 Å². The quantitative estimate of drug-likeness (QED) is 0.703. The van der Waals surface area contributed by atoms with Crippen LogP contribution in [0.25, 0.3) is 0 Å². The highest BCUT2D eigenvalue weighted by atomic mass is 19.4. The van der Waals surface area contributed by atoms with E-state index < -0.39 is 17.8 Å². The molecule has 8 heteroatoms. The van der Waals surface area contributed by atoms with E-state index in [1.807, 2.05) is 25.1 Å². The number of alkyl halides is 3. The molecule has 0 saturated heterocycles. The molecule has 1 aliphatic rings. The smallest absolute Gasteiger partial charge is 0.338 e. The highest BCUT2D eigenvalue weighted by Gasteiger charge is 2.30. The van der Waals surface area contributed by atoms with E-state index in [4.69, 9.17) is 0 Å². The standard InChI is InChI=1S/C23H26F3N3O2/c1-2-12-28(22(31)27-20-9-5-8-19(15-20)23(24,25)26)14-11-21(30)29-13-10-17-6-3-4-7-18(17)16-29/h3-9,15H,2,10-14,16H2,1H3,(H,27,31). The number of nitrogens with zero attached hydrogens (tertiary/aromatic N) is 2. The Labute approximate surface area is 179 Å². The van der Waals surface area contributed by atoms with E-state index in [2.05, 4.69) is 11.4 Å². The van der Waals surface area contributed by atoms with E-state index in [-0.39, 0.29) is 24.6 Å². The summed E-state index contributed by atoms with van der Waals surface area (Å²) in [6.45, 7) is 3.70. The molecule has 1 N–H and O–H groups in total. The first-order chi connectivity index (χ1) is 14.8. The van der Waals surface area contributed by atoms with E-state index in [0.29, 0.717) is 26.1 Å². The number of benzene rings is 2. The van der Waals surface area contributed by atoms with Crippen LogP contribution in [0, 0.1) is 0 Å². The van der Waals surface area contributed by atoms with Crippen LogP contribution in [0.3, 0.4) is 0 Å². The van der Waals surface area contributed by atoms with Gasteiger partial charge in [-0.1, -0.05) is 37.3 Å². The van der Waals surface area contributed by atoms with Crippen LogP contribution in [-0.4, -0.2) is 41.4 Å². The predicted octanol–water partition coefficient (Wildman–Crippen LogP) is 4.92. The topological polar surface area (TPSA) is 52.7 Å². The van der Waals surface area contributed by atoms with Crippen LogP contribution in [0.4, 0.5) is 23.7 Å². The average molecular weight is 433 g/mol. The van der Waals surface area contributed by atoms with E-state index in [9.17, 15) is 22.8 Å². The molecule has 3 rings (SSSR count). The van der Waals surface area contributed by atoms with Crippen molar-refractivity contribution in [1.29, 1.82) is 0 Å². The molecule has 0 radical (unpaired) electrons. The van der Waals surface area contributed by atoms with Crippen molar-refractivity contribution in [3.63, 3.8) is 0 Å². The monoisotopic (exact) mass is 433 g/mol. The highest BCUT2D eigenvalue weighted by molar-refractivity contribution is 5.89. The molecule has 3 amide bonds. The summed E-state index contributed by atoms with van der Waals surface area (Å²) in [6, 6.07) is 12.0. The van der Waals surface area contributed by atoms with Crippen molar-refractivity contribution < 1.29 is 22.8 Å². The summed E-state index contributed by atoms with van der Waals surface area (Å²) < 4.78 is 38.7. The van der Waals surface area contributed by atoms with Crippen molar-refractivity contribution in [2.45, 2.75) is 38.9 Å². The summed E-state index contributed by atoms with van der Waals surface area (Å²) in [5, 5.41) is 2.52. The first kappa shape index (κ1) is 22.7. The zero-order chi connectivity index (χ0) is 22.4. The number of fused-ring (bicyclic) bond motifs is 1. The average Bonchev–Trinajstić information content (AvgIpc) is 2.75. The fraction of sp³-hybridized carbons (Fsp3) is 0.391. The number of anilines is 1. The SMILES string of the molecule is CCCN(CCC(=O)N1CCc2ccccc2C1)C(=O)Nc1cccc(C(F)(F)F)c1.